The average Bonchev–Trinajstić information content (AvgIpc) is 3.04. The minimum atomic E-state index is 0.141. The summed E-state index contributed by atoms with van der Waals surface area (Å²) in [6.45, 7) is 10.5. The normalized spacial score (nSPS) is 18.8. The molecule has 1 aliphatic rings. The first-order valence-corrected chi connectivity index (χ1v) is 8.32. The topological polar surface area (TPSA) is 55.6 Å². The minimum absolute atomic E-state index is 0.141. The molecule has 0 amide bonds. The molecule has 3 heterocycles. The molecule has 2 aromatic rings. The number of hydrogen-bond donors (Lipinski definition) is 1. The predicted molar refractivity (Wildman–Crippen MR) is 84.5 cm³/mol. The number of nitrogens with zero attached hydrogens (tertiary/aromatic N) is 4. The maximum atomic E-state index is 4.55. The molecule has 3 rings (SSSR count). The maximum absolute atomic E-state index is 4.55. The molecule has 0 saturated carbocycles. The van der Waals surface area contributed by atoms with Gasteiger partial charge in [-0.2, -0.15) is 0 Å². The van der Waals surface area contributed by atoms with Gasteiger partial charge in [-0.15, -0.1) is 21.5 Å². The molecule has 0 bridgehead atoms. The lowest BCUT2D eigenvalue weighted by molar-refractivity contribution is 0.376. The summed E-state index contributed by atoms with van der Waals surface area (Å²) in [5.74, 6) is 2.14. The molecule has 0 aromatic carbocycles. The van der Waals surface area contributed by atoms with E-state index >= 15 is 0 Å². The zero-order valence-corrected chi connectivity index (χ0v) is 14.0. The van der Waals surface area contributed by atoms with E-state index in [1.807, 2.05) is 24.5 Å². The van der Waals surface area contributed by atoms with Crippen LogP contribution in [0.3, 0.4) is 0 Å². The van der Waals surface area contributed by atoms with Crippen LogP contribution in [0.1, 0.15) is 48.7 Å². The first-order valence-electron chi connectivity index (χ1n) is 7.51. The summed E-state index contributed by atoms with van der Waals surface area (Å²) in [5, 5.41) is 13.2. The highest BCUT2D eigenvalue weighted by molar-refractivity contribution is 7.11. The van der Waals surface area contributed by atoms with Gasteiger partial charge < -0.3 is 9.88 Å². The van der Waals surface area contributed by atoms with Gasteiger partial charge in [0.25, 0.3) is 0 Å². The molecule has 5 nitrogen and oxygen atoms in total. The van der Waals surface area contributed by atoms with Gasteiger partial charge in [-0.3, -0.25) is 0 Å². The molecule has 21 heavy (non-hydrogen) atoms. The van der Waals surface area contributed by atoms with Crippen LogP contribution in [0.25, 0.3) is 0 Å². The minimum Gasteiger partial charge on any atom is -0.314 e. The van der Waals surface area contributed by atoms with Crippen molar-refractivity contribution in [3.05, 3.63) is 27.7 Å². The Balaban J connectivity index is 1.59. The highest BCUT2D eigenvalue weighted by atomic mass is 32.1. The van der Waals surface area contributed by atoms with Gasteiger partial charge in [0.15, 0.2) is 0 Å². The smallest absolute Gasteiger partial charge is 0.133 e. The highest BCUT2D eigenvalue weighted by Gasteiger charge is 2.22. The fourth-order valence-electron chi connectivity index (χ4n) is 2.61. The zero-order valence-electron chi connectivity index (χ0n) is 13.2. The number of rotatable bonds is 3. The summed E-state index contributed by atoms with van der Waals surface area (Å²) in [7, 11) is 0. The molecule has 0 spiro atoms. The van der Waals surface area contributed by atoms with Gasteiger partial charge in [0, 0.05) is 42.0 Å². The van der Waals surface area contributed by atoms with Crippen LogP contribution in [-0.4, -0.2) is 25.8 Å². The first-order chi connectivity index (χ1) is 9.93. The van der Waals surface area contributed by atoms with Crippen molar-refractivity contribution in [1.29, 1.82) is 0 Å². The van der Waals surface area contributed by atoms with Crippen LogP contribution >= 0.6 is 11.3 Å². The third kappa shape index (κ3) is 3.16. The summed E-state index contributed by atoms with van der Waals surface area (Å²) < 4.78 is 2.23. The number of aromatic nitrogens is 4. The lowest BCUT2D eigenvalue weighted by atomic mass is 9.98. The number of nitrogens with one attached hydrogen (secondary N) is 1. The van der Waals surface area contributed by atoms with Crippen molar-refractivity contribution in [2.75, 3.05) is 0 Å². The molecule has 1 unspecified atom stereocenters. The average molecular weight is 305 g/mol. The van der Waals surface area contributed by atoms with E-state index in [0.29, 0.717) is 6.04 Å². The van der Waals surface area contributed by atoms with Crippen LogP contribution in [0, 0.1) is 6.92 Å². The van der Waals surface area contributed by atoms with Crippen LogP contribution in [0.4, 0.5) is 0 Å². The van der Waals surface area contributed by atoms with Crippen molar-refractivity contribution in [2.24, 2.45) is 0 Å². The molecule has 0 aliphatic carbocycles. The van der Waals surface area contributed by atoms with E-state index in [1.165, 1.54) is 9.88 Å². The van der Waals surface area contributed by atoms with E-state index in [9.17, 15) is 0 Å². The molecule has 2 aromatic heterocycles. The Labute approximate surface area is 129 Å². The summed E-state index contributed by atoms with van der Waals surface area (Å²) in [6.07, 6.45) is 4.15. The maximum Gasteiger partial charge on any atom is 0.133 e. The first kappa shape index (κ1) is 14.7. The Morgan fingerprint density at radius 2 is 2.19 bits per heavy atom. The lowest BCUT2D eigenvalue weighted by Crippen LogP contribution is -2.37. The standard InChI is InChI=1S/C15H23N5S/c1-10-18-19-13-6-5-11(9-20(10)13)16-7-12-8-17-14(21-12)15(2,3)4/h8,11,16H,5-7,9H2,1-4H3. The SMILES string of the molecule is Cc1nnc2n1CC(NCc1cnc(C(C)(C)C)s1)CC2. The van der Waals surface area contributed by atoms with E-state index in [4.69, 9.17) is 0 Å². The van der Waals surface area contributed by atoms with Gasteiger partial charge in [-0.05, 0) is 13.3 Å². The Morgan fingerprint density at radius 3 is 2.90 bits per heavy atom. The van der Waals surface area contributed by atoms with Crippen LogP contribution in [0.2, 0.25) is 0 Å². The van der Waals surface area contributed by atoms with Crippen molar-refractivity contribution < 1.29 is 0 Å². The van der Waals surface area contributed by atoms with Crippen molar-refractivity contribution in [2.45, 2.75) is 65.1 Å². The quantitative estimate of drug-likeness (QED) is 0.946. The second kappa shape index (κ2) is 5.50. The molecule has 1 atom stereocenters. The fraction of sp³-hybridized carbons (Fsp3) is 0.667. The highest BCUT2D eigenvalue weighted by Crippen LogP contribution is 2.26. The lowest BCUT2D eigenvalue weighted by Gasteiger charge is -2.24. The van der Waals surface area contributed by atoms with Gasteiger partial charge in [0.1, 0.15) is 11.6 Å². The van der Waals surface area contributed by atoms with Crippen molar-refractivity contribution in [3.8, 4) is 0 Å². The van der Waals surface area contributed by atoms with Gasteiger partial charge in [-0.25, -0.2) is 4.98 Å². The van der Waals surface area contributed by atoms with E-state index in [1.54, 1.807) is 0 Å². The van der Waals surface area contributed by atoms with Crippen LogP contribution in [-0.2, 0) is 24.9 Å². The summed E-state index contributed by atoms with van der Waals surface area (Å²) in [5.41, 5.74) is 0.141. The largest absolute Gasteiger partial charge is 0.314 e. The molecular weight excluding hydrogens is 282 g/mol. The Morgan fingerprint density at radius 1 is 1.38 bits per heavy atom. The third-order valence-corrected chi connectivity index (χ3v) is 5.31. The van der Waals surface area contributed by atoms with Crippen LogP contribution < -0.4 is 5.32 Å². The molecular formula is C15H23N5S. The molecule has 114 valence electrons. The van der Waals surface area contributed by atoms with Crippen molar-refractivity contribution >= 4 is 11.3 Å². The van der Waals surface area contributed by atoms with Gasteiger partial charge in [-0.1, -0.05) is 20.8 Å². The number of aryl methyl sites for hydroxylation is 2. The number of thiazole rings is 1. The van der Waals surface area contributed by atoms with E-state index in [-0.39, 0.29) is 5.41 Å². The second-order valence-corrected chi connectivity index (χ2v) is 7.89. The second-order valence-electron chi connectivity index (χ2n) is 6.77. The predicted octanol–water partition coefficient (Wildman–Crippen LogP) is 2.45. The summed E-state index contributed by atoms with van der Waals surface area (Å²) >= 11 is 1.81. The molecule has 0 radical (unpaired) electrons. The Kier molecular flexibility index (Phi) is 3.84. The van der Waals surface area contributed by atoms with Gasteiger partial charge in [0.2, 0.25) is 0 Å². The molecule has 1 N–H and O–H groups in total. The molecule has 0 fully saturated rings. The molecule has 0 saturated heterocycles. The Bertz CT molecular complexity index is 622. The number of fused-ring (bicyclic) bond motifs is 1. The fourth-order valence-corrected chi connectivity index (χ4v) is 3.53. The van der Waals surface area contributed by atoms with Crippen molar-refractivity contribution in [3.63, 3.8) is 0 Å². The zero-order chi connectivity index (χ0) is 15.0. The van der Waals surface area contributed by atoms with Gasteiger partial charge >= 0.3 is 0 Å². The number of hydrogen-bond acceptors (Lipinski definition) is 5. The van der Waals surface area contributed by atoms with Crippen molar-refractivity contribution in [1.82, 2.24) is 25.1 Å². The van der Waals surface area contributed by atoms with E-state index in [2.05, 4.69) is 45.8 Å². The molecule has 6 heteroatoms. The monoisotopic (exact) mass is 305 g/mol. The Hall–Kier alpha value is -1.27. The van der Waals surface area contributed by atoms with E-state index in [0.717, 1.165) is 37.6 Å². The van der Waals surface area contributed by atoms with Crippen LogP contribution in [0.5, 0.6) is 0 Å². The van der Waals surface area contributed by atoms with E-state index < -0.39 is 0 Å². The van der Waals surface area contributed by atoms with Crippen LogP contribution in [0.15, 0.2) is 6.20 Å². The molecule has 1 aliphatic heterocycles. The van der Waals surface area contributed by atoms with Gasteiger partial charge in [0.05, 0.1) is 5.01 Å². The summed E-state index contributed by atoms with van der Waals surface area (Å²) in [4.78, 5) is 5.86. The third-order valence-electron chi connectivity index (χ3n) is 3.89. The summed E-state index contributed by atoms with van der Waals surface area (Å²) in [6, 6.07) is 0.493.